The maximum absolute atomic E-state index is 14.4. The molecule has 0 aromatic heterocycles. The fourth-order valence-electron chi connectivity index (χ4n) is 2.71. The summed E-state index contributed by atoms with van der Waals surface area (Å²) < 4.78 is 35.6. The van der Waals surface area contributed by atoms with Gasteiger partial charge in [-0.05, 0) is 26.0 Å². The third-order valence-electron chi connectivity index (χ3n) is 3.78. The summed E-state index contributed by atoms with van der Waals surface area (Å²) in [6.45, 7) is 2.95. The molecule has 0 saturated carbocycles. The zero-order valence-corrected chi connectivity index (χ0v) is 12.8. The average Bonchev–Trinajstić information content (AvgIpc) is 2.99. The van der Waals surface area contributed by atoms with E-state index < -0.39 is 42.5 Å². The number of esters is 1. The molecule has 0 radical (unpaired) electrons. The molecule has 3 rings (SSSR count). The van der Waals surface area contributed by atoms with E-state index in [1.165, 1.54) is 0 Å². The highest BCUT2D eigenvalue weighted by atomic mass is 19.1. The molecule has 2 aliphatic heterocycles. The van der Waals surface area contributed by atoms with Crippen molar-refractivity contribution in [2.45, 2.75) is 50.4 Å². The van der Waals surface area contributed by atoms with Crippen LogP contribution in [0.1, 0.15) is 24.2 Å². The Balaban J connectivity index is 1.54. The fourth-order valence-corrected chi connectivity index (χ4v) is 2.71. The topological polar surface area (TPSA) is 74.2 Å². The van der Waals surface area contributed by atoms with Gasteiger partial charge in [-0.25, -0.2) is 9.18 Å². The van der Waals surface area contributed by atoms with Gasteiger partial charge >= 0.3 is 5.97 Å². The molecule has 5 atom stereocenters. The van der Waals surface area contributed by atoms with Crippen molar-refractivity contribution in [3.8, 4) is 0 Å². The second kappa shape index (κ2) is 6.16. The van der Waals surface area contributed by atoms with Crippen LogP contribution >= 0.6 is 0 Å². The molecule has 7 heteroatoms. The lowest BCUT2D eigenvalue weighted by Gasteiger charge is -2.24. The molecular weight excluding hydrogens is 307 g/mol. The molecule has 0 bridgehead atoms. The van der Waals surface area contributed by atoms with Gasteiger partial charge in [0.1, 0.15) is 24.9 Å². The first-order chi connectivity index (χ1) is 10.9. The Morgan fingerprint density at radius 2 is 2.04 bits per heavy atom. The smallest absolute Gasteiger partial charge is 0.338 e. The number of aliphatic hydroxyl groups excluding tert-OH is 1. The Bertz CT molecular complexity index is 563. The van der Waals surface area contributed by atoms with Gasteiger partial charge in [-0.2, -0.15) is 0 Å². The molecule has 2 unspecified atom stereocenters. The van der Waals surface area contributed by atoms with E-state index in [1.807, 2.05) is 0 Å². The summed E-state index contributed by atoms with van der Waals surface area (Å²) in [7, 11) is 0. The van der Waals surface area contributed by atoms with Gasteiger partial charge in [-0.3, -0.25) is 0 Å². The van der Waals surface area contributed by atoms with E-state index in [1.54, 1.807) is 44.2 Å². The number of fused-ring (bicyclic) bond motifs is 1. The number of hydrogen-bond donors (Lipinski definition) is 1. The summed E-state index contributed by atoms with van der Waals surface area (Å²) in [5, 5.41) is 10.0. The van der Waals surface area contributed by atoms with Crippen molar-refractivity contribution in [3.63, 3.8) is 0 Å². The molecule has 2 saturated heterocycles. The molecule has 6 nitrogen and oxygen atoms in total. The summed E-state index contributed by atoms with van der Waals surface area (Å²) >= 11 is 0. The molecule has 1 aromatic rings. The lowest BCUT2D eigenvalue weighted by atomic mass is 10.1. The van der Waals surface area contributed by atoms with Crippen molar-refractivity contribution in [1.82, 2.24) is 0 Å². The number of benzene rings is 1. The molecule has 2 aliphatic rings. The predicted molar refractivity (Wildman–Crippen MR) is 76.3 cm³/mol. The Morgan fingerprint density at radius 3 is 2.70 bits per heavy atom. The number of carbonyl (C=O) groups is 1. The van der Waals surface area contributed by atoms with E-state index in [2.05, 4.69) is 0 Å². The number of ether oxygens (including phenoxy) is 4. The van der Waals surface area contributed by atoms with Crippen molar-refractivity contribution >= 4 is 5.97 Å². The van der Waals surface area contributed by atoms with Crippen LogP contribution < -0.4 is 0 Å². The SMILES string of the molecule is CC1(C)O[C@H]2O[C@H](C(O)COC(=O)c3ccccc3)C(F)[C@@H]2O1. The summed E-state index contributed by atoms with van der Waals surface area (Å²) in [6, 6.07) is 8.34. The number of halogens is 1. The van der Waals surface area contributed by atoms with E-state index in [9.17, 15) is 14.3 Å². The van der Waals surface area contributed by atoms with Crippen molar-refractivity contribution in [3.05, 3.63) is 35.9 Å². The molecule has 23 heavy (non-hydrogen) atoms. The van der Waals surface area contributed by atoms with Crippen LogP contribution in [0.2, 0.25) is 0 Å². The van der Waals surface area contributed by atoms with Crippen LogP contribution in [0, 0.1) is 0 Å². The van der Waals surface area contributed by atoms with Gasteiger partial charge in [0, 0.05) is 0 Å². The number of rotatable bonds is 4. The standard InChI is InChI=1S/C16H19FO6/c1-16(2)22-13-11(17)12(21-15(13)23-16)10(18)8-20-14(19)9-6-4-3-5-7-9/h3-7,10-13,15,18H,8H2,1-2H3/t10?,11?,12-,13+,15-/m1/s1. The number of hydrogen-bond acceptors (Lipinski definition) is 6. The summed E-state index contributed by atoms with van der Waals surface area (Å²) in [5.74, 6) is -1.51. The average molecular weight is 326 g/mol. The van der Waals surface area contributed by atoms with Gasteiger partial charge in [-0.1, -0.05) is 18.2 Å². The molecule has 1 N–H and O–H groups in total. The zero-order chi connectivity index (χ0) is 16.6. The van der Waals surface area contributed by atoms with Gasteiger partial charge in [0.05, 0.1) is 5.56 Å². The first-order valence-electron chi connectivity index (χ1n) is 7.43. The summed E-state index contributed by atoms with van der Waals surface area (Å²) in [5.41, 5.74) is 0.356. The van der Waals surface area contributed by atoms with Crippen LogP contribution in [0.5, 0.6) is 0 Å². The fraction of sp³-hybridized carbons (Fsp3) is 0.562. The minimum Gasteiger partial charge on any atom is -0.459 e. The van der Waals surface area contributed by atoms with Crippen LogP contribution in [0.25, 0.3) is 0 Å². The Hall–Kier alpha value is -1.54. The first kappa shape index (κ1) is 16.3. The molecule has 2 fully saturated rings. The van der Waals surface area contributed by atoms with E-state index in [0.717, 1.165) is 0 Å². The highest BCUT2D eigenvalue weighted by molar-refractivity contribution is 5.89. The van der Waals surface area contributed by atoms with E-state index in [0.29, 0.717) is 5.56 Å². The molecule has 0 aliphatic carbocycles. The maximum Gasteiger partial charge on any atom is 0.338 e. The number of aliphatic hydroxyl groups is 1. The largest absolute Gasteiger partial charge is 0.459 e. The highest BCUT2D eigenvalue weighted by Crippen LogP contribution is 2.39. The first-order valence-corrected chi connectivity index (χ1v) is 7.43. The quantitative estimate of drug-likeness (QED) is 0.844. The van der Waals surface area contributed by atoms with E-state index in [-0.39, 0.29) is 6.61 Å². The second-order valence-electron chi connectivity index (χ2n) is 6.05. The van der Waals surface area contributed by atoms with Crippen molar-refractivity contribution in [1.29, 1.82) is 0 Å². The molecule has 0 amide bonds. The van der Waals surface area contributed by atoms with E-state index >= 15 is 0 Å². The van der Waals surface area contributed by atoms with E-state index in [4.69, 9.17) is 18.9 Å². The third-order valence-corrected chi connectivity index (χ3v) is 3.78. The molecule has 0 spiro atoms. The monoisotopic (exact) mass is 326 g/mol. The van der Waals surface area contributed by atoms with Crippen LogP contribution in [0.4, 0.5) is 4.39 Å². The molecular formula is C16H19FO6. The Morgan fingerprint density at radius 1 is 1.35 bits per heavy atom. The van der Waals surface area contributed by atoms with Crippen LogP contribution in [0.3, 0.4) is 0 Å². The summed E-state index contributed by atoms with van der Waals surface area (Å²) in [6.07, 6.45) is -5.80. The minimum absolute atomic E-state index is 0.356. The summed E-state index contributed by atoms with van der Waals surface area (Å²) in [4.78, 5) is 11.8. The van der Waals surface area contributed by atoms with Gasteiger partial charge in [0.2, 0.25) is 0 Å². The Kier molecular flexibility index (Phi) is 4.37. The second-order valence-corrected chi connectivity index (χ2v) is 6.05. The van der Waals surface area contributed by atoms with Crippen molar-refractivity contribution < 1.29 is 33.2 Å². The molecule has 1 aromatic carbocycles. The molecule has 2 heterocycles. The van der Waals surface area contributed by atoms with Gasteiger partial charge in [0.15, 0.2) is 18.2 Å². The Labute approximate surface area is 133 Å². The highest BCUT2D eigenvalue weighted by Gasteiger charge is 2.57. The lowest BCUT2D eigenvalue weighted by molar-refractivity contribution is -0.222. The van der Waals surface area contributed by atoms with Crippen LogP contribution in [-0.2, 0) is 18.9 Å². The lowest BCUT2D eigenvalue weighted by Crippen LogP contribution is -2.41. The third kappa shape index (κ3) is 3.37. The van der Waals surface area contributed by atoms with Gasteiger partial charge < -0.3 is 24.1 Å². The zero-order valence-electron chi connectivity index (χ0n) is 12.8. The predicted octanol–water partition coefficient (Wildman–Crippen LogP) is 1.42. The van der Waals surface area contributed by atoms with Crippen LogP contribution in [-0.4, -0.2) is 54.2 Å². The molecule has 126 valence electrons. The number of carbonyl (C=O) groups excluding carboxylic acids is 1. The minimum atomic E-state index is -1.56. The van der Waals surface area contributed by atoms with Crippen LogP contribution in [0.15, 0.2) is 30.3 Å². The normalized spacial score (nSPS) is 33.2. The van der Waals surface area contributed by atoms with Crippen molar-refractivity contribution in [2.24, 2.45) is 0 Å². The maximum atomic E-state index is 14.4. The van der Waals surface area contributed by atoms with Gasteiger partial charge in [-0.15, -0.1) is 0 Å². The van der Waals surface area contributed by atoms with Gasteiger partial charge in [0.25, 0.3) is 0 Å². The number of alkyl halides is 1. The van der Waals surface area contributed by atoms with Crippen molar-refractivity contribution in [2.75, 3.05) is 6.61 Å².